The molecule has 1 aliphatic rings. The second-order valence-corrected chi connectivity index (χ2v) is 7.73. The van der Waals surface area contributed by atoms with Gasteiger partial charge in [0.2, 0.25) is 0 Å². The van der Waals surface area contributed by atoms with Crippen LogP contribution >= 0.6 is 0 Å². The molecule has 3 aromatic rings. The van der Waals surface area contributed by atoms with Gasteiger partial charge in [0.05, 0.1) is 5.39 Å². The monoisotopic (exact) mass is 386 g/mol. The van der Waals surface area contributed by atoms with E-state index < -0.39 is 28.7 Å². The van der Waals surface area contributed by atoms with Crippen LogP contribution < -0.4 is 0 Å². The van der Waals surface area contributed by atoms with Gasteiger partial charge in [-0.3, -0.25) is 0 Å². The van der Waals surface area contributed by atoms with E-state index in [-0.39, 0.29) is 11.3 Å². The van der Waals surface area contributed by atoms with Crippen molar-refractivity contribution in [3.8, 4) is 0 Å². The molecule has 4 rings (SSSR count). The van der Waals surface area contributed by atoms with E-state index in [1.807, 2.05) is 0 Å². The van der Waals surface area contributed by atoms with Gasteiger partial charge >= 0.3 is 0 Å². The highest BCUT2D eigenvalue weighted by atomic mass is 19.2. The Hall–Kier alpha value is -2.36. The van der Waals surface area contributed by atoms with Crippen molar-refractivity contribution in [1.82, 2.24) is 0 Å². The predicted octanol–water partition coefficient (Wildman–Crippen LogP) is 7.40. The summed E-state index contributed by atoms with van der Waals surface area (Å²) in [5.74, 6) is -4.59. The van der Waals surface area contributed by atoms with Crippen LogP contribution in [-0.4, -0.2) is 0 Å². The maximum atomic E-state index is 14.5. The van der Waals surface area contributed by atoms with Crippen LogP contribution in [0.3, 0.4) is 0 Å². The summed E-state index contributed by atoms with van der Waals surface area (Å²) in [4.78, 5) is 0. The Morgan fingerprint density at radius 3 is 1.93 bits per heavy atom. The fourth-order valence-electron chi connectivity index (χ4n) is 4.43. The molecule has 0 unspecified atom stereocenters. The summed E-state index contributed by atoms with van der Waals surface area (Å²) in [5, 5.41) is -0.406. The zero-order chi connectivity index (χ0) is 19.8. The third-order valence-corrected chi connectivity index (χ3v) is 6.11. The lowest BCUT2D eigenvalue weighted by Gasteiger charge is -2.29. The molecule has 0 radical (unpaired) electrons. The predicted molar refractivity (Wildman–Crippen MR) is 104 cm³/mol. The molecule has 0 heterocycles. The zero-order valence-electron chi connectivity index (χ0n) is 15.7. The Morgan fingerprint density at radius 1 is 0.714 bits per heavy atom. The van der Waals surface area contributed by atoms with Gasteiger partial charge in [0.15, 0.2) is 17.5 Å². The number of aryl methyl sites for hydroxylation is 1. The lowest BCUT2D eigenvalue weighted by atomic mass is 9.76. The van der Waals surface area contributed by atoms with E-state index in [2.05, 4.69) is 31.2 Å². The first-order valence-corrected chi connectivity index (χ1v) is 9.83. The number of halogens is 4. The maximum absolute atomic E-state index is 14.5. The number of hydrogen-bond donors (Lipinski definition) is 0. The first-order chi connectivity index (χ1) is 13.5. The maximum Gasteiger partial charge on any atom is 0.195 e. The average Bonchev–Trinajstić information content (AvgIpc) is 2.72. The molecule has 0 atom stereocenters. The summed E-state index contributed by atoms with van der Waals surface area (Å²) in [6, 6.07) is 12.5. The molecule has 0 nitrogen and oxygen atoms in total. The van der Waals surface area contributed by atoms with Crippen LogP contribution in [0.2, 0.25) is 0 Å². The van der Waals surface area contributed by atoms with Gasteiger partial charge in [-0.25, -0.2) is 17.6 Å². The van der Waals surface area contributed by atoms with Crippen LogP contribution in [0.5, 0.6) is 0 Å². The Bertz CT molecular complexity index is 1000. The standard InChI is InChI=1S/C24H22F4/c1-2-14-3-5-15(6-4-14)16-7-9-17(10-8-16)18-11-19-13-21(26)23(27)24(28)22(19)20(25)12-18/h3-6,11-13,16-17H,2,7-10H2,1H3. The number of fused-ring (bicyclic) bond motifs is 1. The number of benzene rings is 3. The van der Waals surface area contributed by atoms with Gasteiger partial charge in [0, 0.05) is 0 Å². The molecule has 146 valence electrons. The number of rotatable bonds is 3. The first-order valence-electron chi connectivity index (χ1n) is 9.83. The third kappa shape index (κ3) is 3.41. The summed E-state index contributed by atoms with van der Waals surface area (Å²) >= 11 is 0. The minimum atomic E-state index is -1.63. The molecule has 0 bridgehead atoms. The molecule has 1 aliphatic carbocycles. The molecule has 4 heteroatoms. The van der Waals surface area contributed by atoms with Gasteiger partial charge < -0.3 is 0 Å². The second-order valence-electron chi connectivity index (χ2n) is 7.73. The SMILES string of the molecule is CCc1ccc(C2CCC(c3cc(F)c4c(F)c(F)c(F)cc4c3)CC2)cc1. The van der Waals surface area contributed by atoms with E-state index >= 15 is 0 Å². The van der Waals surface area contributed by atoms with E-state index in [4.69, 9.17) is 0 Å². The van der Waals surface area contributed by atoms with Crippen LogP contribution in [0.15, 0.2) is 42.5 Å². The van der Waals surface area contributed by atoms with Crippen molar-refractivity contribution in [2.75, 3.05) is 0 Å². The van der Waals surface area contributed by atoms with Gasteiger partial charge in [0.1, 0.15) is 5.82 Å². The highest BCUT2D eigenvalue weighted by molar-refractivity contribution is 5.84. The van der Waals surface area contributed by atoms with E-state index in [0.717, 1.165) is 43.7 Å². The minimum Gasteiger partial charge on any atom is -0.206 e. The van der Waals surface area contributed by atoms with Crippen molar-refractivity contribution in [2.45, 2.75) is 50.9 Å². The van der Waals surface area contributed by atoms with E-state index in [1.54, 1.807) is 6.07 Å². The van der Waals surface area contributed by atoms with Crippen molar-refractivity contribution in [1.29, 1.82) is 0 Å². The fourth-order valence-corrected chi connectivity index (χ4v) is 4.43. The van der Waals surface area contributed by atoms with Crippen molar-refractivity contribution in [2.24, 2.45) is 0 Å². The second kappa shape index (κ2) is 7.57. The largest absolute Gasteiger partial charge is 0.206 e. The lowest BCUT2D eigenvalue weighted by Crippen LogP contribution is -2.12. The molecule has 0 N–H and O–H groups in total. The summed E-state index contributed by atoms with van der Waals surface area (Å²) in [5.41, 5.74) is 3.38. The smallest absolute Gasteiger partial charge is 0.195 e. The molecule has 1 saturated carbocycles. The van der Waals surface area contributed by atoms with Gasteiger partial charge in [0.25, 0.3) is 0 Å². The van der Waals surface area contributed by atoms with Crippen molar-refractivity contribution in [3.05, 3.63) is 82.4 Å². The fraction of sp³-hybridized carbons (Fsp3) is 0.333. The normalized spacial score (nSPS) is 19.9. The summed E-state index contributed by atoms with van der Waals surface area (Å²) in [7, 11) is 0. The van der Waals surface area contributed by atoms with Gasteiger partial charge in [-0.2, -0.15) is 0 Å². The minimum absolute atomic E-state index is 0.0728. The van der Waals surface area contributed by atoms with Crippen molar-refractivity contribution in [3.63, 3.8) is 0 Å². The molecular formula is C24H22F4. The molecule has 0 spiro atoms. The highest BCUT2D eigenvalue weighted by Crippen LogP contribution is 2.41. The number of hydrogen-bond acceptors (Lipinski definition) is 0. The molecular weight excluding hydrogens is 364 g/mol. The zero-order valence-corrected chi connectivity index (χ0v) is 15.7. The Kier molecular flexibility index (Phi) is 5.13. The highest BCUT2D eigenvalue weighted by Gasteiger charge is 2.25. The quantitative estimate of drug-likeness (QED) is 0.325. The van der Waals surface area contributed by atoms with Crippen LogP contribution in [0.4, 0.5) is 17.6 Å². The van der Waals surface area contributed by atoms with Crippen LogP contribution in [0.1, 0.15) is 61.1 Å². The van der Waals surface area contributed by atoms with Gasteiger partial charge in [-0.05, 0) is 78.1 Å². The van der Waals surface area contributed by atoms with E-state index in [9.17, 15) is 17.6 Å². The van der Waals surface area contributed by atoms with Crippen molar-refractivity contribution < 1.29 is 17.6 Å². The topological polar surface area (TPSA) is 0 Å². The molecule has 3 aromatic carbocycles. The summed E-state index contributed by atoms with van der Waals surface area (Å²) in [6.07, 6.45) is 4.77. The average molecular weight is 386 g/mol. The molecule has 1 fully saturated rings. The summed E-state index contributed by atoms with van der Waals surface area (Å²) < 4.78 is 55.4. The van der Waals surface area contributed by atoms with Crippen molar-refractivity contribution >= 4 is 10.8 Å². The van der Waals surface area contributed by atoms with E-state index in [0.29, 0.717) is 5.92 Å². The molecule has 0 aliphatic heterocycles. The molecule has 28 heavy (non-hydrogen) atoms. The summed E-state index contributed by atoms with van der Waals surface area (Å²) in [6.45, 7) is 2.13. The Morgan fingerprint density at radius 2 is 1.32 bits per heavy atom. The lowest BCUT2D eigenvalue weighted by molar-refractivity contribution is 0.395. The van der Waals surface area contributed by atoms with Crippen LogP contribution in [0, 0.1) is 23.3 Å². The molecule has 0 amide bonds. The first kappa shape index (κ1) is 19.0. The van der Waals surface area contributed by atoms with E-state index in [1.165, 1.54) is 17.2 Å². The molecule has 0 saturated heterocycles. The van der Waals surface area contributed by atoms with Crippen LogP contribution in [0.25, 0.3) is 10.8 Å². The molecule has 0 aromatic heterocycles. The van der Waals surface area contributed by atoms with Crippen LogP contribution in [-0.2, 0) is 6.42 Å². The Balaban J connectivity index is 1.56. The Labute approximate surface area is 162 Å². The van der Waals surface area contributed by atoms with Gasteiger partial charge in [-0.15, -0.1) is 0 Å². The third-order valence-electron chi connectivity index (χ3n) is 6.11. The van der Waals surface area contributed by atoms with Gasteiger partial charge in [-0.1, -0.05) is 37.3 Å².